The molecule has 92 valence electrons. The highest BCUT2D eigenvalue weighted by molar-refractivity contribution is 6.06. The zero-order chi connectivity index (χ0) is 12.8. The molecule has 0 heterocycles. The third kappa shape index (κ3) is 1.82. The van der Waals surface area contributed by atoms with Crippen LogP contribution in [-0.4, -0.2) is 5.78 Å². The van der Waals surface area contributed by atoms with Crippen molar-refractivity contribution in [1.29, 1.82) is 0 Å². The molecule has 0 bridgehead atoms. The number of carbonyl (C=O) groups is 1. The van der Waals surface area contributed by atoms with Crippen LogP contribution in [0.3, 0.4) is 0 Å². The van der Waals surface area contributed by atoms with Crippen molar-refractivity contribution in [3.63, 3.8) is 0 Å². The van der Waals surface area contributed by atoms with Gasteiger partial charge in [0.05, 0.1) is 0 Å². The van der Waals surface area contributed by atoms with Crippen LogP contribution < -0.4 is 0 Å². The van der Waals surface area contributed by atoms with Gasteiger partial charge in [0, 0.05) is 11.0 Å². The highest BCUT2D eigenvalue weighted by atomic mass is 16.1. The third-order valence-corrected chi connectivity index (χ3v) is 3.99. The van der Waals surface area contributed by atoms with Crippen molar-refractivity contribution in [3.8, 4) is 0 Å². The van der Waals surface area contributed by atoms with Gasteiger partial charge < -0.3 is 0 Å². The molecule has 0 amide bonds. The summed E-state index contributed by atoms with van der Waals surface area (Å²) >= 11 is 0. The van der Waals surface area contributed by atoms with Crippen molar-refractivity contribution in [2.24, 2.45) is 5.41 Å². The minimum Gasteiger partial charge on any atom is -0.294 e. The predicted octanol–water partition coefficient (Wildman–Crippen LogP) is 4.02. The number of aryl methyl sites for hydroxylation is 1. The van der Waals surface area contributed by atoms with Crippen molar-refractivity contribution in [1.82, 2.24) is 0 Å². The molecule has 0 atom stereocenters. The maximum Gasteiger partial charge on any atom is 0.169 e. The summed E-state index contributed by atoms with van der Waals surface area (Å²) in [5.41, 5.74) is 6.05. The van der Waals surface area contributed by atoms with Gasteiger partial charge in [-0.05, 0) is 48.9 Å². The number of hydrogen-bond donors (Lipinski definition) is 0. The van der Waals surface area contributed by atoms with Crippen LogP contribution in [0.25, 0.3) is 0 Å². The summed E-state index contributed by atoms with van der Waals surface area (Å²) in [7, 11) is 0. The van der Waals surface area contributed by atoms with Gasteiger partial charge in [-0.15, -0.1) is 0 Å². The maximum absolute atomic E-state index is 12.4. The predicted molar refractivity (Wildman–Crippen MR) is 71.7 cm³/mol. The molecule has 1 aliphatic carbocycles. The molecule has 0 fully saturated rings. The summed E-state index contributed by atoms with van der Waals surface area (Å²) in [6.45, 7) is 10.6. The number of carbonyl (C=O) groups excluding carboxylic acids is 1. The van der Waals surface area contributed by atoms with Crippen molar-refractivity contribution >= 4 is 5.78 Å². The monoisotopic (exact) mass is 230 g/mol. The van der Waals surface area contributed by atoms with E-state index in [1.54, 1.807) is 0 Å². The first-order valence-corrected chi connectivity index (χ1v) is 6.55. The van der Waals surface area contributed by atoms with Gasteiger partial charge in [-0.2, -0.15) is 0 Å². The Kier molecular flexibility index (Phi) is 2.89. The summed E-state index contributed by atoms with van der Waals surface area (Å²) < 4.78 is 0. The molecule has 0 N–H and O–H groups in total. The molecule has 1 nitrogen and oxygen atoms in total. The van der Waals surface area contributed by atoms with Crippen LogP contribution in [0, 0.1) is 19.3 Å². The molecule has 0 spiro atoms. The van der Waals surface area contributed by atoms with Crippen molar-refractivity contribution in [2.45, 2.75) is 53.9 Å². The smallest absolute Gasteiger partial charge is 0.169 e. The van der Waals surface area contributed by atoms with Crippen LogP contribution in [0.2, 0.25) is 0 Å². The Bertz CT molecular complexity index is 481. The van der Waals surface area contributed by atoms with Gasteiger partial charge in [0.1, 0.15) is 0 Å². The second-order valence-electron chi connectivity index (χ2n) is 5.97. The highest BCUT2D eigenvalue weighted by Gasteiger charge is 2.39. The normalized spacial score (nSPS) is 17.4. The summed E-state index contributed by atoms with van der Waals surface area (Å²) in [6.07, 6.45) is 3.12. The fourth-order valence-electron chi connectivity index (χ4n) is 3.09. The summed E-state index contributed by atoms with van der Waals surface area (Å²) in [6, 6.07) is 2.24. The molecule has 2 rings (SSSR count). The fourth-order valence-corrected chi connectivity index (χ4v) is 3.09. The Labute approximate surface area is 104 Å². The molecule has 1 aliphatic rings. The van der Waals surface area contributed by atoms with Gasteiger partial charge in [0.15, 0.2) is 5.78 Å². The van der Waals surface area contributed by atoms with E-state index >= 15 is 0 Å². The number of Topliss-reactive ketones (excluding diaryl/α,β-unsaturated/α-hetero) is 1. The quantitative estimate of drug-likeness (QED) is 0.750. The molecule has 0 unspecified atom stereocenters. The molecular formula is C16H22O. The first-order valence-electron chi connectivity index (χ1n) is 6.55. The molecular weight excluding hydrogens is 208 g/mol. The Morgan fingerprint density at radius 1 is 1.29 bits per heavy atom. The summed E-state index contributed by atoms with van der Waals surface area (Å²) in [5.74, 6) is 0.336. The molecule has 0 aromatic heterocycles. The molecule has 1 aromatic rings. The van der Waals surface area contributed by atoms with E-state index in [-0.39, 0.29) is 5.41 Å². The number of benzene rings is 1. The highest BCUT2D eigenvalue weighted by Crippen LogP contribution is 2.39. The lowest BCUT2D eigenvalue weighted by Crippen LogP contribution is -2.19. The average molecular weight is 230 g/mol. The molecule has 1 heteroatoms. The lowest BCUT2D eigenvalue weighted by molar-refractivity contribution is 0.0863. The van der Waals surface area contributed by atoms with E-state index in [0.717, 1.165) is 24.8 Å². The van der Waals surface area contributed by atoms with E-state index in [4.69, 9.17) is 0 Å². The number of rotatable bonds is 2. The molecule has 17 heavy (non-hydrogen) atoms. The van der Waals surface area contributed by atoms with Crippen LogP contribution in [0.5, 0.6) is 0 Å². The average Bonchev–Trinajstić information content (AvgIpc) is 2.44. The SMILES string of the molecule is CCCc1c(C)cc2c(c1C)C(=O)C(C)(C)C2. The second-order valence-corrected chi connectivity index (χ2v) is 5.97. The minimum atomic E-state index is -0.204. The molecule has 0 aliphatic heterocycles. The largest absolute Gasteiger partial charge is 0.294 e. The van der Waals surface area contributed by atoms with Crippen molar-refractivity contribution < 1.29 is 4.79 Å². The van der Waals surface area contributed by atoms with E-state index in [9.17, 15) is 4.79 Å². The zero-order valence-corrected chi connectivity index (χ0v) is 11.6. The van der Waals surface area contributed by atoms with E-state index in [1.165, 1.54) is 22.3 Å². The van der Waals surface area contributed by atoms with Crippen LogP contribution in [0.15, 0.2) is 6.07 Å². The molecule has 0 saturated heterocycles. The lowest BCUT2D eigenvalue weighted by atomic mass is 9.88. The van der Waals surface area contributed by atoms with Gasteiger partial charge in [-0.1, -0.05) is 33.3 Å². The number of fused-ring (bicyclic) bond motifs is 1. The topological polar surface area (TPSA) is 17.1 Å². The zero-order valence-electron chi connectivity index (χ0n) is 11.6. The summed E-state index contributed by atoms with van der Waals surface area (Å²) in [4.78, 5) is 12.4. The summed E-state index contributed by atoms with van der Waals surface area (Å²) in [5, 5.41) is 0. The van der Waals surface area contributed by atoms with Crippen LogP contribution >= 0.6 is 0 Å². The van der Waals surface area contributed by atoms with Gasteiger partial charge in [0.25, 0.3) is 0 Å². The van der Waals surface area contributed by atoms with Gasteiger partial charge in [-0.25, -0.2) is 0 Å². The molecule has 1 aromatic carbocycles. The van der Waals surface area contributed by atoms with Crippen LogP contribution in [0.1, 0.15) is 59.8 Å². The van der Waals surface area contributed by atoms with Crippen LogP contribution in [-0.2, 0) is 12.8 Å². The van der Waals surface area contributed by atoms with Gasteiger partial charge in [0.2, 0.25) is 0 Å². The standard InChI is InChI=1S/C16H22O/c1-6-7-13-10(2)8-12-9-16(4,5)15(17)14(12)11(13)3/h8H,6-7,9H2,1-5H3. The first kappa shape index (κ1) is 12.3. The number of hydrogen-bond acceptors (Lipinski definition) is 1. The molecule has 0 radical (unpaired) electrons. The van der Waals surface area contributed by atoms with E-state index < -0.39 is 0 Å². The van der Waals surface area contributed by atoms with Gasteiger partial charge >= 0.3 is 0 Å². The van der Waals surface area contributed by atoms with Crippen LogP contribution in [0.4, 0.5) is 0 Å². The Morgan fingerprint density at radius 3 is 2.53 bits per heavy atom. The molecule has 0 saturated carbocycles. The first-order chi connectivity index (χ1) is 7.88. The second kappa shape index (κ2) is 3.97. The van der Waals surface area contributed by atoms with Crippen molar-refractivity contribution in [2.75, 3.05) is 0 Å². The minimum absolute atomic E-state index is 0.204. The Hall–Kier alpha value is -1.11. The van der Waals surface area contributed by atoms with E-state index in [1.807, 2.05) is 0 Å². The van der Waals surface area contributed by atoms with Gasteiger partial charge in [-0.3, -0.25) is 4.79 Å². The maximum atomic E-state index is 12.4. The van der Waals surface area contributed by atoms with E-state index in [2.05, 4.69) is 40.7 Å². The fraction of sp³-hybridized carbons (Fsp3) is 0.562. The third-order valence-electron chi connectivity index (χ3n) is 3.99. The van der Waals surface area contributed by atoms with Crippen molar-refractivity contribution in [3.05, 3.63) is 33.9 Å². The Morgan fingerprint density at radius 2 is 1.94 bits per heavy atom. The van der Waals surface area contributed by atoms with E-state index in [0.29, 0.717) is 5.78 Å². The number of ketones is 1. The Balaban J connectivity index is 2.62. The lowest BCUT2D eigenvalue weighted by Gasteiger charge is -2.14.